The Morgan fingerprint density at radius 3 is 1.47 bits per heavy atom. The molecule has 0 N–H and O–H groups in total. The van der Waals surface area contributed by atoms with Crippen LogP contribution in [0.25, 0.3) is 77.5 Å². The van der Waals surface area contributed by atoms with Crippen molar-refractivity contribution in [3.8, 4) is 66.8 Å². The van der Waals surface area contributed by atoms with Crippen LogP contribution >= 0.6 is 0 Å². The Morgan fingerprint density at radius 1 is 0.306 bits per heavy atom. The molecule has 0 aliphatic heterocycles. The molecule has 294 valence electrons. The molecule has 0 bridgehead atoms. The van der Waals surface area contributed by atoms with Gasteiger partial charge in [0.25, 0.3) is 0 Å². The van der Waals surface area contributed by atoms with Crippen molar-refractivity contribution in [2.24, 2.45) is 0 Å². The first-order chi connectivity index (χ1) is 30.5. The van der Waals surface area contributed by atoms with Gasteiger partial charge < -0.3 is 4.90 Å². The van der Waals surface area contributed by atoms with Crippen LogP contribution in [0.4, 0.5) is 17.1 Å². The highest BCUT2D eigenvalue weighted by molar-refractivity contribution is 6.13. The van der Waals surface area contributed by atoms with Gasteiger partial charge in [0, 0.05) is 22.4 Å². The van der Waals surface area contributed by atoms with E-state index in [-0.39, 0.29) is 5.41 Å². The van der Waals surface area contributed by atoms with Gasteiger partial charge in [0.2, 0.25) is 0 Å². The maximum absolute atomic E-state index is 2.48. The minimum atomic E-state index is -0.144. The number of anilines is 3. The molecule has 62 heavy (non-hydrogen) atoms. The Kier molecular flexibility index (Phi) is 9.24. The van der Waals surface area contributed by atoms with E-state index in [1.807, 2.05) is 0 Å². The quantitative estimate of drug-likeness (QED) is 0.148. The van der Waals surface area contributed by atoms with Crippen LogP contribution in [0.15, 0.2) is 237 Å². The molecule has 1 aliphatic rings. The summed E-state index contributed by atoms with van der Waals surface area (Å²) in [7, 11) is 0. The lowest BCUT2D eigenvalue weighted by molar-refractivity contribution is 0.660. The number of fused-ring (bicyclic) bond motifs is 4. The largest absolute Gasteiger partial charge is 0.310 e. The molecule has 10 aromatic carbocycles. The molecule has 1 nitrogen and oxygen atoms in total. The standard InChI is InChI=1S/C61H45N/c1-61(2)56-32-17-15-30-52(56)53-39-36-48(41-57(53)61)62(58-33-18-16-29-49(58)42-20-7-3-8-21-42)47-35-38-51(55(40-47)44-24-11-5-12-25-44)54-31-19-28-46-34-37-50(43-22-9-4-10-23-43)59(60(46)54)45-26-13-6-14-27-45/h3-41H,1-2H3. The monoisotopic (exact) mass is 791 g/mol. The van der Waals surface area contributed by atoms with E-state index in [1.54, 1.807) is 0 Å². The maximum Gasteiger partial charge on any atom is 0.0540 e. The molecule has 1 aliphatic carbocycles. The second-order valence-corrected chi connectivity index (χ2v) is 16.8. The van der Waals surface area contributed by atoms with Crippen LogP contribution in [0.1, 0.15) is 25.0 Å². The van der Waals surface area contributed by atoms with Crippen LogP contribution < -0.4 is 4.90 Å². The Hall–Kier alpha value is -7.74. The van der Waals surface area contributed by atoms with Crippen LogP contribution in [-0.4, -0.2) is 0 Å². The van der Waals surface area contributed by atoms with Crippen LogP contribution in [-0.2, 0) is 5.41 Å². The first-order valence-electron chi connectivity index (χ1n) is 21.6. The number of benzene rings is 10. The molecule has 0 saturated carbocycles. The summed E-state index contributed by atoms with van der Waals surface area (Å²) in [6, 6.07) is 86.7. The molecule has 0 saturated heterocycles. The fourth-order valence-electron chi connectivity index (χ4n) is 9.92. The fourth-order valence-corrected chi connectivity index (χ4v) is 9.92. The number of nitrogens with zero attached hydrogens (tertiary/aromatic N) is 1. The van der Waals surface area contributed by atoms with Gasteiger partial charge in [-0.2, -0.15) is 0 Å². The summed E-state index contributed by atoms with van der Waals surface area (Å²) in [6.07, 6.45) is 0. The van der Waals surface area contributed by atoms with Crippen molar-refractivity contribution < 1.29 is 0 Å². The summed E-state index contributed by atoms with van der Waals surface area (Å²) >= 11 is 0. The maximum atomic E-state index is 2.48. The van der Waals surface area contributed by atoms with Crippen molar-refractivity contribution in [2.75, 3.05) is 4.90 Å². The highest BCUT2D eigenvalue weighted by atomic mass is 15.1. The van der Waals surface area contributed by atoms with Crippen LogP contribution in [0.2, 0.25) is 0 Å². The van der Waals surface area contributed by atoms with Gasteiger partial charge in [0.15, 0.2) is 0 Å². The zero-order valence-electron chi connectivity index (χ0n) is 35.0. The van der Waals surface area contributed by atoms with E-state index in [9.17, 15) is 0 Å². The topological polar surface area (TPSA) is 3.24 Å². The highest BCUT2D eigenvalue weighted by Gasteiger charge is 2.36. The van der Waals surface area contributed by atoms with Gasteiger partial charge in [-0.3, -0.25) is 0 Å². The van der Waals surface area contributed by atoms with E-state index in [0.717, 1.165) is 17.1 Å². The first kappa shape index (κ1) is 37.3. The van der Waals surface area contributed by atoms with Gasteiger partial charge in [-0.25, -0.2) is 0 Å². The predicted molar refractivity (Wildman–Crippen MR) is 263 cm³/mol. The number of para-hydroxylation sites is 1. The van der Waals surface area contributed by atoms with Crippen molar-refractivity contribution in [3.63, 3.8) is 0 Å². The molecular weight excluding hydrogens is 747 g/mol. The molecule has 0 aromatic heterocycles. The minimum absolute atomic E-state index is 0.144. The van der Waals surface area contributed by atoms with Crippen molar-refractivity contribution in [1.82, 2.24) is 0 Å². The molecule has 0 fully saturated rings. The van der Waals surface area contributed by atoms with Crippen LogP contribution in [0, 0.1) is 0 Å². The molecule has 10 aromatic rings. The van der Waals surface area contributed by atoms with Crippen molar-refractivity contribution in [3.05, 3.63) is 248 Å². The molecule has 11 rings (SSSR count). The zero-order chi connectivity index (χ0) is 41.6. The third-order valence-corrected chi connectivity index (χ3v) is 12.9. The van der Waals surface area contributed by atoms with E-state index in [1.165, 1.54) is 88.7 Å². The van der Waals surface area contributed by atoms with Crippen molar-refractivity contribution >= 4 is 27.8 Å². The van der Waals surface area contributed by atoms with Gasteiger partial charge in [-0.1, -0.05) is 220 Å². The average Bonchev–Trinajstić information content (AvgIpc) is 3.57. The van der Waals surface area contributed by atoms with E-state index >= 15 is 0 Å². The third kappa shape index (κ3) is 6.33. The van der Waals surface area contributed by atoms with Gasteiger partial charge >= 0.3 is 0 Å². The first-order valence-corrected chi connectivity index (χ1v) is 21.6. The summed E-state index contributed by atoms with van der Waals surface area (Å²) in [5, 5.41) is 2.46. The van der Waals surface area contributed by atoms with Gasteiger partial charge in [-0.15, -0.1) is 0 Å². The fraction of sp³-hybridized carbons (Fsp3) is 0.0492. The molecular formula is C61H45N. The number of hydrogen-bond acceptors (Lipinski definition) is 1. The normalized spacial score (nSPS) is 12.5. The van der Waals surface area contributed by atoms with Crippen LogP contribution in [0.5, 0.6) is 0 Å². The second kappa shape index (κ2) is 15.4. The molecule has 0 amide bonds. The summed E-state index contributed by atoms with van der Waals surface area (Å²) in [5.41, 5.74) is 20.5. The van der Waals surface area contributed by atoms with Crippen molar-refractivity contribution in [2.45, 2.75) is 19.3 Å². The summed E-state index contributed by atoms with van der Waals surface area (Å²) in [5.74, 6) is 0. The Labute approximate surface area is 364 Å². The summed E-state index contributed by atoms with van der Waals surface area (Å²) in [6.45, 7) is 4.73. The smallest absolute Gasteiger partial charge is 0.0540 e. The van der Waals surface area contributed by atoms with E-state index in [4.69, 9.17) is 0 Å². The van der Waals surface area contributed by atoms with E-state index in [0.29, 0.717) is 0 Å². The number of rotatable bonds is 8. The average molecular weight is 792 g/mol. The lowest BCUT2D eigenvalue weighted by atomic mass is 9.82. The predicted octanol–water partition coefficient (Wildman–Crippen LogP) is 17.0. The molecule has 0 heterocycles. The van der Waals surface area contributed by atoms with Gasteiger partial charge in [-0.05, 0) is 113 Å². The molecule has 1 heteroatoms. The van der Waals surface area contributed by atoms with E-state index < -0.39 is 0 Å². The van der Waals surface area contributed by atoms with Gasteiger partial charge in [0.05, 0.1) is 5.69 Å². The van der Waals surface area contributed by atoms with E-state index in [2.05, 4.69) is 255 Å². The molecule has 0 atom stereocenters. The van der Waals surface area contributed by atoms with Crippen LogP contribution in [0.3, 0.4) is 0 Å². The Bertz CT molecular complexity index is 3240. The Morgan fingerprint density at radius 2 is 0.790 bits per heavy atom. The highest BCUT2D eigenvalue weighted by Crippen LogP contribution is 2.52. The second-order valence-electron chi connectivity index (χ2n) is 16.8. The summed E-state index contributed by atoms with van der Waals surface area (Å²) in [4.78, 5) is 2.48. The molecule has 0 unspecified atom stereocenters. The Balaban J connectivity index is 1.18. The minimum Gasteiger partial charge on any atom is -0.310 e. The lowest BCUT2D eigenvalue weighted by Crippen LogP contribution is -2.17. The third-order valence-electron chi connectivity index (χ3n) is 12.9. The number of hydrogen-bond donors (Lipinski definition) is 0. The van der Waals surface area contributed by atoms with Gasteiger partial charge in [0.1, 0.15) is 0 Å². The zero-order valence-corrected chi connectivity index (χ0v) is 35.0. The van der Waals surface area contributed by atoms with Crippen molar-refractivity contribution in [1.29, 1.82) is 0 Å². The lowest BCUT2D eigenvalue weighted by Gasteiger charge is -2.30. The SMILES string of the molecule is CC1(C)c2ccccc2-c2ccc(N(c3ccc(-c4cccc5ccc(-c6ccccc6)c(-c6ccccc6)c45)c(-c4ccccc4)c3)c3ccccc3-c3ccccc3)cc21. The molecule has 0 spiro atoms. The molecule has 0 radical (unpaired) electrons. The summed E-state index contributed by atoms with van der Waals surface area (Å²) < 4.78 is 0.